The molecule has 1 N–H and O–H groups in total. The largest absolute Gasteiger partial charge is 0.349 e. The highest BCUT2D eigenvalue weighted by atomic mass is 32.2. The molecule has 0 unspecified atom stereocenters. The first-order valence-corrected chi connectivity index (χ1v) is 9.38. The van der Waals surface area contributed by atoms with Crippen LogP contribution < -0.4 is 5.32 Å². The normalized spacial score (nSPS) is 20.6. The highest BCUT2D eigenvalue weighted by Crippen LogP contribution is 2.17. The summed E-state index contributed by atoms with van der Waals surface area (Å²) in [5.41, 5.74) is 0.976. The van der Waals surface area contributed by atoms with Crippen LogP contribution in [0.4, 0.5) is 0 Å². The second kappa shape index (κ2) is 8.00. The summed E-state index contributed by atoms with van der Waals surface area (Å²) in [6.45, 7) is 1.57. The van der Waals surface area contributed by atoms with E-state index in [1.807, 2.05) is 5.38 Å². The quantitative estimate of drug-likeness (QED) is 0.907. The van der Waals surface area contributed by atoms with Gasteiger partial charge in [0, 0.05) is 11.1 Å². The highest BCUT2D eigenvalue weighted by Gasteiger charge is 2.24. The number of aromatic nitrogens is 1. The van der Waals surface area contributed by atoms with Crippen molar-refractivity contribution in [2.75, 3.05) is 19.8 Å². The number of carbonyl (C=O) groups is 1. The molecule has 2 rings (SSSR count). The molecule has 20 heavy (non-hydrogen) atoms. The molecular formula is C14H23N3OS2. The van der Waals surface area contributed by atoms with E-state index in [0.717, 1.165) is 35.8 Å². The van der Waals surface area contributed by atoms with E-state index in [1.54, 1.807) is 23.1 Å². The van der Waals surface area contributed by atoms with E-state index >= 15 is 0 Å². The Morgan fingerprint density at radius 2 is 2.40 bits per heavy atom. The molecule has 112 valence electrons. The lowest BCUT2D eigenvalue weighted by molar-refractivity contribution is -0.126. The van der Waals surface area contributed by atoms with Crippen LogP contribution in [0.2, 0.25) is 0 Å². The molecule has 0 aliphatic carbocycles. The number of likely N-dealkylation sites (tertiary alicyclic amines) is 1. The van der Waals surface area contributed by atoms with Crippen molar-refractivity contribution in [3.63, 3.8) is 0 Å². The third kappa shape index (κ3) is 4.46. The standard InChI is InChI=1S/C14H23N3OS2/c1-17-7-5-3-4-6-12(17)14(18)15-8-11-9-20-13(16-11)10-19-2/h9,12H,3-8,10H2,1-2H3,(H,15,18)/t12-/m0/s1. The van der Waals surface area contributed by atoms with E-state index in [9.17, 15) is 4.79 Å². The molecule has 0 aromatic carbocycles. The number of amides is 1. The minimum Gasteiger partial charge on any atom is -0.349 e. The van der Waals surface area contributed by atoms with Gasteiger partial charge in [-0.15, -0.1) is 11.3 Å². The number of likely N-dealkylation sites (N-methyl/N-ethyl adjacent to an activating group) is 1. The maximum absolute atomic E-state index is 12.3. The van der Waals surface area contributed by atoms with Crippen LogP contribution in [0.5, 0.6) is 0 Å². The van der Waals surface area contributed by atoms with Crippen molar-refractivity contribution in [3.8, 4) is 0 Å². The molecule has 2 heterocycles. The van der Waals surface area contributed by atoms with Crippen LogP contribution in [0.1, 0.15) is 36.4 Å². The molecule has 6 heteroatoms. The van der Waals surface area contributed by atoms with Crippen LogP contribution in [0, 0.1) is 0 Å². The van der Waals surface area contributed by atoms with Crippen molar-refractivity contribution in [2.24, 2.45) is 0 Å². The maximum Gasteiger partial charge on any atom is 0.237 e. The van der Waals surface area contributed by atoms with Crippen molar-refractivity contribution in [3.05, 3.63) is 16.1 Å². The number of rotatable bonds is 5. The molecule has 1 aliphatic heterocycles. The fourth-order valence-corrected chi connectivity index (χ4v) is 4.01. The monoisotopic (exact) mass is 313 g/mol. The zero-order valence-corrected chi connectivity index (χ0v) is 13.9. The molecule has 4 nitrogen and oxygen atoms in total. The molecule has 1 aliphatic rings. The van der Waals surface area contributed by atoms with Crippen LogP contribution >= 0.6 is 23.1 Å². The molecule has 1 fully saturated rings. The van der Waals surface area contributed by atoms with Crippen LogP contribution in [0.15, 0.2) is 5.38 Å². The molecular weight excluding hydrogens is 290 g/mol. The Balaban J connectivity index is 1.83. The molecule has 1 aromatic heterocycles. The summed E-state index contributed by atoms with van der Waals surface area (Å²) in [5, 5.41) is 6.22. The minimum atomic E-state index is 0.0294. The number of nitrogens with zero attached hydrogens (tertiary/aromatic N) is 2. The van der Waals surface area contributed by atoms with E-state index in [-0.39, 0.29) is 11.9 Å². The molecule has 0 spiro atoms. The molecule has 1 saturated heterocycles. The van der Waals surface area contributed by atoms with Crippen molar-refractivity contribution < 1.29 is 4.79 Å². The molecule has 0 radical (unpaired) electrons. The van der Waals surface area contributed by atoms with Crippen molar-refractivity contribution in [2.45, 2.75) is 44.0 Å². The minimum absolute atomic E-state index is 0.0294. The third-order valence-corrected chi connectivity index (χ3v) is 5.28. The van der Waals surface area contributed by atoms with Crippen molar-refractivity contribution in [1.29, 1.82) is 0 Å². The molecule has 1 atom stereocenters. The highest BCUT2D eigenvalue weighted by molar-refractivity contribution is 7.97. The Hall–Kier alpha value is -0.590. The summed E-state index contributed by atoms with van der Waals surface area (Å²) in [4.78, 5) is 19.0. The van der Waals surface area contributed by atoms with Gasteiger partial charge in [-0.2, -0.15) is 11.8 Å². The smallest absolute Gasteiger partial charge is 0.237 e. The lowest BCUT2D eigenvalue weighted by atomic mass is 10.1. The SMILES string of the molecule is CSCc1nc(CNC(=O)[C@@H]2CCCCCN2C)cs1. The van der Waals surface area contributed by atoms with E-state index in [4.69, 9.17) is 0 Å². The van der Waals surface area contributed by atoms with Crippen molar-refractivity contribution in [1.82, 2.24) is 15.2 Å². The van der Waals surface area contributed by atoms with Gasteiger partial charge in [0.15, 0.2) is 0 Å². The predicted octanol–water partition coefficient (Wildman–Crippen LogP) is 2.50. The number of hydrogen-bond acceptors (Lipinski definition) is 5. The number of nitrogens with one attached hydrogen (secondary N) is 1. The average Bonchev–Trinajstić information content (AvgIpc) is 2.77. The Morgan fingerprint density at radius 3 is 3.20 bits per heavy atom. The first kappa shape index (κ1) is 15.8. The Bertz CT molecular complexity index is 436. The van der Waals surface area contributed by atoms with Gasteiger partial charge in [-0.05, 0) is 32.7 Å². The fraction of sp³-hybridized carbons (Fsp3) is 0.714. The Labute approximate surface area is 129 Å². The topological polar surface area (TPSA) is 45.2 Å². The predicted molar refractivity (Wildman–Crippen MR) is 86.1 cm³/mol. The van der Waals surface area contributed by atoms with Gasteiger partial charge in [0.1, 0.15) is 5.01 Å². The van der Waals surface area contributed by atoms with Gasteiger partial charge >= 0.3 is 0 Å². The van der Waals surface area contributed by atoms with Gasteiger partial charge in [0.05, 0.1) is 18.3 Å². The van der Waals surface area contributed by atoms with E-state index in [2.05, 4.69) is 28.5 Å². The molecule has 1 amide bonds. The lowest BCUT2D eigenvalue weighted by Gasteiger charge is -2.24. The summed E-state index contributed by atoms with van der Waals surface area (Å²) in [6, 6.07) is 0.0294. The van der Waals surface area contributed by atoms with Crippen LogP contribution in [0.25, 0.3) is 0 Å². The summed E-state index contributed by atoms with van der Waals surface area (Å²) in [7, 11) is 2.05. The van der Waals surface area contributed by atoms with E-state index < -0.39 is 0 Å². The summed E-state index contributed by atoms with van der Waals surface area (Å²) >= 11 is 3.44. The van der Waals surface area contributed by atoms with E-state index in [0.29, 0.717) is 6.54 Å². The number of hydrogen-bond donors (Lipinski definition) is 1. The van der Waals surface area contributed by atoms with Gasteiger partial charge < -0.3 is 5.32 Å². The van der Waals surface area contributed by atoms with Gasteiger partial charge in [-0.1, -0.05) is 12.8 Å². The zero-order valence-electron chi connectivity index (χ0n) is 12.2. The van der Waals surface area contributed by atoms with Gasteiger partial charge in [0.2, 0.25) is 5.91 Å². The lowest BCUT2D eigenvalue weighted by Crippen LogP contribution is -2.44. The van der Waals surface area contributed by atoms with Crippen LogP contribution in [-0.4, -0.2) is 41.7 Å². The first-order chi connectivity index (χ1) is 9.70. The summed E-state index contributed by atoms with van der Waals surface area (Å²) in [6.07, 6.45) is 6.63. The molecule has 0 saturated carbocycles. The van der Waals surface area contributed by atoms with Gasteiger partial charge in [0.25, 0.3) is 0 Å². The Kier molecular flexibility index (Phi) is 6.32. The van der Waals surface area contributed by atoms with E-state index in [1.165, 1.54) is 12.8 Å². The number of thiazole rings is 1. The summed E-state index contributed by atoms with van der Waals surface area (Å²) in [5.74, 6) is 1.10. The maximum atomic E-state index is 12.3. The first-order valence-electron chi connectivity index (χ1n) is 7.11. The summed E-state index contributed by atoms with van der Waals surface area (Å²) < 4.78 is 0. The molecule has 0 bridgehead atoms. The number of thioether (sulfide) groups is 1. The number of carbonyl (C=O) groups excluding carboxylic acids is 1. The average molecular weight is 313 g/mol. The third-order valence-electron chi connectivity index (χ3n) is 3.63. The second-order valence-corrected chi connectivity index (χ2v) is 7.04. The van der Waals surface area contributed by atoms with Gasteiger partial charge in [-0.3, -0.25) is 9.69 Å². The van der Waals surface area contributed by atoms with Crippen LogP contribution in [-0.2, 0) is 17.1 Å². The Morgan fingerprint density at radius 1 is 1.55 bits per heavy atom. The second-order valence-electron chi connectivity index (χ2n) is 5.23. The van der Waals surface area contributed by atoms with Crippen LogP contribution in [0.3, 0.4) is 0 Å². The molecule has 1 aromatic rings. The fourth-order valence-electron chi connectivity index (χ4n) is 2.50. The van der Waals surface area contributed by atoms with Crippen molar-refractivity contribution >= 4 is 29.0 Å². The van der Waals surface area contributed by atoms with Gasteiger partial charge in [-0.25, -0.2) is 4.98 Å². The zero-order chi connectivity index (χ0) is 14.4.